The van der Waals surface area contributed by atoms with Gasteiger partial charge in [0.15, 0.2) is 6.61 Å². The predicted octanol–water partition coefficient (Wildman–Crippen LogP) is 2.53. The van der Waals surface area contributed by atoms with Crippen LogP contribution in [-0.2, 0) is 24.3 Å². The largest absolute Gasteiger partial charge is 0.484 e. The molecule has 0 radical (unpaired) electrons. The molecule has 1 aromatic carbocycles. The smallest absolute Gasteiger partial charge is 0.260 e. The van der Waals surface area contributed by atoms with E-state index in [2.05, 4.69) is 4.98 Å². The first kappa shape index (κ1) is 17.8. The van der Waals surface area contributed by atoms with E-state index in [1.165, 1.54) is 6.33 Å². The molecule has 0 N–H and O–H groups in total. The number of carbonyl (C=O) groups excluding carboxylic acids is 1. The summed E-state index contributed by atoms with van der Waals surface area (Å²) in [7, 11) is 0. The number of amides is 1. The van der Waals surface area contributed by atoms with Crippen LogP contribution < -0.4 is 10.3 Å². The van der Waals surface area contributed by atoms with Gasteiger partial charge in [-0.3, -0.25) is 14.2 Å². The highest BCUT2D eigenvalue weighted by atomic mass is 35.5. The zero-order valence-corrected chi connectivity index (χ0v) is 15.2. The molecule has 8 heteroatoms. The second-order valence-corrected chi connectivity index (χ2v) is 6.59. The Balaban J connectivity index is 1.66. The van der Waals surface area contributed by atoms with Gasteiger partial charge in [0, 0.05) is 28.7 Å². The van der Waals surface area contributed by atoms with E-state index in [9.17, 15) is 9.59 Å². The van der Waals surface area contributed by atoms with Crippen LogP contribution in [0.2, 0.25) is 10.0 Å². The van der Waals surface area contributed by atoms with Crippen molar-refractivity contribution in [1.29, 1.82) is 0 Å². The Hall–Kier alpha value is -2.05. The molecule has 0 saturated heterocycles. The van der Waals surface area contributed by atoms with E-state index in [4.69, 9.17) is 27.9 Å². The summed E-state index contributed by atoms with van der Waals surface area (Å²) in [6.07, 6.45) is 2.02. The molecule has 0 aliphatic carbocycles. The van der Waals surface area contributed by atoms with Gasteiger partial charge in [-0.1, -0.05) is 23.2 Å². The number of fused-ring (bicyclic) bond motifs is 1. The fourth-order valence-corrected chi connectivity index (χ4v) is 3.25. The Bertz CT molecular complexity index is 846. The molecule has 2 heterocycles. The van der Waals surface area contributed by atoms with Gasteiger partial charge in [-0.15, -0.1) is 0 Å². The molecule has 0 fully saturated rings. The summed E-state index contributed by atoms with van der Waals surface area (Å²) in [5, 5.41) is 0.886. The number of halogens is 2. The van der Waals surface area contributed by atoms with E-state index in [1.54, 1.807) is 27.7 Å². The number of rotatable bonds is 4. The molecule has 1 aromatic heterocycles. The van der Waals surface area contributed by atoms with Gasteiger partial charge in [-0.25, -0.2) is 4.98 Å². The quantitative estimate of drug-likeness (QED) is 0.815. The molecule has 0 unspecified atom stereocenters. The Morgan fingerprint density at radius 2 is 2.00 bits per heavy atom. The lowest BCUT2D eigenvalue weighted by Crippen LogP contribution is -2.42. The molecule has 25 heavy (non-hydrogen) atoms. The summed E-state index contributed by atoms with van der Waals surface area (Å²) >= 11 is 11.8. The van der Waals surface area contributed by atoms with Gasteiger partial charge in [0.05, 0.1) is 18.6 Å². The third-order valence-electron chi connectivity index (χ3n) is 4.08. The monoisotopic (exact) mass is 381 g/mol. The molecule has 0 atom stereocenters. The van der Waals surface area contributed by atoms with Crippen molar-refractivity contribution in [2.24, 2.45) is 0 Å². The maximum Gasteiger partial charge on any atom is 0.260 e. The van der Waals surface area contributed by atoms with Crippen LogP contribution in [-0.4, -0.2) is 33.5 Å². The zero-order valence-electron chi connectivity index (χ0n) is 13.7. The van der Waals surface area contributed by atoms with E-state index in [0.29, 0.717) is 53.1 Å². The first-order valence-electron chi connectivity index (χ1n) is 7.91. The standard InChI is InChI=1S/C17H17Cl2N3O3/c1-2-21-10-20-15-8-22(4-3-14(15)17(21)24)16(23)9-25-13-6-11(18)5-12(19)7-13/h5-7,10H,2-4,8-9H2,1H3. The van der Waals surface area contributed by atoms with Gasteiger partial charge >= 0.3 is 0 Å². The molecule has 0 bridgehead atoms. The number of ether oxygens (including phenoxy) is 1. The summed E-state index contributed by atoms with van der Waals surface area (Å²) in [5.41, 5.74) is 1.32. The van der Waals surface area contributed by atoms with E-state index in [0.717, 1.165) is 0 Å². The molecular formula is C17H17Cl2N3O3. The topological polar surface area (TPSA) is 64.4 Å². The highest BCUT2D eigenvalue weighted by Crippen LogP contribution is 2.24. The van der Waals surface area contributed by atoms with Crippen molar-refractivity contribution in [3.63, 3.8) is 0 Å². The maximum absolute atomic E-state index is 12.4. The lowest BCUT2D eigenvalue weighted by atomic mass is 10.1. The van der Waals surface area contributed by atoms with Crippen LogP contribution in [0, 0.1) is 0 Å². The Kier molecular flexibility index (Phi) is 5.30. The molecule has 6 nitrogen and oxygen atoms in total. The number of hydrogen-bond donors (Lipinski definition) is 0. The SMILES string of the molecule is CCn1cnc2c(c1=O)CCN(C(=O)COc1cc(Cl)cc(Cl)c1)C2. The third-order valence-corrected chi connectivity index (χ3v) is 4.52. The number of hydrogen-bond acceptors (Lipinski definition) is 4. The van der Waals surface area contributed by atoms with Crippen molar-refractivity contribution in [2.45, 2.75) is 26.4 Å². The van der Waals surface area contributed by atoms with Crippen LogP contribution in [0.25, 0.3) is 0 Å². The first-order chi connectivity index (χ1) is 12.0. The molecule has 3 rings (SSSR count). The van der Waals surface area contributed by atoms with E-state index in [-0.39, 0.29) is 18.1 Å². The summed E-state index contributed by atoms with van der Waals surface area (Å²) in [5.74, 6) is 0.260. The second-order valence-electron chi connectivity index (χ2n) is 5.72. The second kappa shape index (κ2) is 7.45. The third kappa shape index (κ3) is 3.96. The molecule has 1 aliphatic rings. The molecule has 0 saturated carbocycles. The first-order valence-corrected chi connectivity index (χ1v) is 8.67. The number of aryl methyl sites for hydroxylation is 1. The number of nitrogens with zero attached hydrogens (tertiary/aromatic N) is 3. The molecule has 1 amide bonds. The summed E-state index contributed by atoms with van der Waals surface area (Å²) in [4.78, 5) is 30.6. The lowest BCUT2D eigenvalue weighted by molar-refractivity contribution is -0.134. The minimum absolute atomic E-state index is 0.0237. The molecule has 1 aliphatic heterocycles. The van der Waals surface area contributed by atoms with E-state index in [1.807, 2.05) is 6.92 Å². The number of carbonyl (C=O) groups is 1. The normalized spacial score (nSPS) is 13.5. The van der Waals surface area contributed by atoms with Crippen LogP contribution in [0.5, 0.6) is 5.75 Å². The lowest BCUT2D eigenvalue weighted by Gasteiger charge is -2.28. The van der Waals surface area contributed by atoms with Crippen LogP contribution >= 0.6 is 23.2 Å². The highest BCUT2D eigenvalue weighted by Gasteiger charge is 2.24. The number of benzene rings is 1. The van der Waals surface area contributed by atoms with Crippen LogP contribution in [0.3, 0.4) is 0 Å². The minimum atomic E-state index is -0.178. The molecule has 0 spiro atoms. The fourth-order valence-electron chi connectivity index (χ4n) is 2.75. The summed E-state index contributed by atoms with van der Waals surface area (Å²) in [6.45, 7) is 3.13. The van der Waals surface area contributed by atoms with Crippen molar-refractivity contribution in [2.75, 3.05) is 13.2 Å². The van der Waals surface area contributed by atoms with Crippen molar-refractivity contribution < 1.29 is 9.53 Å². The van der Waals surface area contributed by atoms with Crippen LogP contribution in [0.4, 0.5) is 0 Å². The van der Waals surface area contributed by atoms with Gasteiger partial charge in [-0.05, 0) is 31.5 Å². The maximum atomic E-state index is 12.4. The minimum Gasteiger partial charge on any atom is -0.484 e. The van der Waals surface area contributed by atoms with Gasteiger partial charge in [0.25, 0.3) is 11.5 Å². The van der Waals surface area contributed by atoms with Crippen molar-refractivity contribution in [1.82, 2.24) is 14.5 Å². The molecular weight excluding hydrogens is 365 g/mol. The summed E-state index contributed by atoms with van der Waals surface area (Å²) < 4.78 is 7.06. The van der Waals surface area contributed by atoms with Crippen molar-refractivity contribution >= 4 is 29.1 Å². The predicted molar refractivity (Wildman–Crippen MR) is 95.2 cm³/mol. The molecule has 132 valence electrons. The van der Waals surface area contributed by atoms with Gasteiger partial charge in [-0.2, -0.15) is 0 Å². The van der Waals surface area contributed by atoms with Gasteiger partial charge in [0.2, 0.25) is 0 Å². The van der Waals surface area contributed by atoms with E-state index < -0.39 is 0 Å². The summed E-state index contributed by atoms with van der Waals surface area (Å²) in [6, 6.07) is 4.79. The fraction of sp³-hybridized carbons (Fsp3) is 0.353. The van der Waals surface area contributed by atoms with Crippen LogP contribution in [0.15, 0.2) is 29.3 Å². The van der Waals surface area contributed by atoms with Gasteiger partial charge < -0.3 is 9.64 Å². The van der Waals surface area contributed by atoms with Gasteiger partial charge in [0.1, 0.15) is 5.75 Å². The van der Waals surface area contributed by atoms with Crippen LogP contribution in [0.1, 0.15) is 18.2 Å². The van der Waals surface area contributed by atoms with Crippen molar-refractivity contribution in [3.8, 4) is 5.75 Å². The van der Waals surface area contributed by atoms with Crippen molar-refractivity contribution in [3.05, 3.63) is 56.2 Å². The Morgan fingerprint density at radius 3 is 2.68 bits per heavy atom. The van der Waals surface area contributed by atoms with E-state index >= 15 is 0 Å². The number of aromatic nitrogens is 2. The zero-order chi connectivity index (χ0) is 18.0. The average molecular weight is 382 g/mol. The molecule has 2 aromatic rings. The Labute approximate surface area is 154 Å². The highest BCUT2D eigenvalue weighted by molar-refractivity contribution is 6.34. The average Bonchev–Trinajstić information content (AvgIpc) is 2.59. The Morgan fingerprint density at radius 1 is 1.28 bits per heavy atom.